The number of ether oxygens (including phenoxy) is 1. The molecule has 2 N–H and O–H groups in total. The second kappa shape index (κ2) is 7.63. The van der Waals surface area contributed by atoms with E-state index in [0.29, 0.717) is 31.2 Å². The Morgan fingerprint density at radius 1 is 1.17 bits per heavy atom. The van der Waals surface area contributed by atoms with Gasteiger partial charge in [-0.05, 0) is 37.0 Å². The zero-order chi connectivity index (χ0) is 16.8. The molecular weight excluding hydrogens is 296 g/mol. The van der Waals surface area contributed by atoms with Crippen molar-refractivity contribution in [2.75, 3.05) is 6.61 Å². The fourth-order valence-electron chi connectivity index (χ4n) is 2.32. The van der Waals surface area contributed by atoms with Gasteiger partial charge in [0.25, 0.3) is 0 Å². The molecule has 5 nitrogen and oxygen atoms in total. The van der Waals surface area contributed by atoms with E-state index < -0.39 is 5.97 Å². The van der Waals surface area contributed by atoms with E-state index in [4.69, 9.17) is 4.74 Å². The van der Waals surface area contributed by atoms with Gasteiger partial charge in [-0.1, -0.05) is 18.2 Å². The summed E-state index contributed by atoms with van der Waals surface area (Å²) in [6.45, 7) is 1.83. The van der Waals surface area contributed by atoms with Crippen LogP contribution in [0.15, 0.2) is 29.9 Å². The minimum atomic E-state index is -0.668. The van der Waals surface area contributed by atoms with Crippen molar-refractivity contribution in [3.05, 3.63) is 41.0 Å². The van der Waals surface area contributed by atoms with E-state index in [-0.39, 0.29) is 29.5 Å². The van der Waals surface area contributed by atoms with Crippen molar-refractivity contribution >= 4 is 17.8 Å². The highest BCUT2D eigenvalue weighted by atomic mass is 16.5. The molecule has 0 radical (unpaired) electrons. The van der Waals surface area contributed by atoms with Gasteiger partial charge in [-0.3, -0.25) is 4.79 Å². The highest BCUT2D eigenvalue weighted by Crippen LogP contribution is 2.29. The zero-order valence-corrected chi connectivity index (χ0v) is 13.0. The lowest BCUT2D eigenvalue weighted by Crippen LogP contribution is -2.09. The number of carbonyl (C=O) groups excluding carboxylic acids is 2. The molecule has 2 rings (SSSR count). The Labute approximate surface area is 134 Å². The number of carbonyl (C=O) groups is 2. The van der Waals surface area contributed by atoms with Crippen LogP contribution in [0.4, 0.5) is 0 Å². The summed E-state index contributed by atoms with van der Waals surface area (Å²) in [6.07, 6.45) is 7.43. The number of ketones is 1. The summed E-state index contributed by atoms with van der Waals surface area (Å²) < 4.78 is 5.19. The molecule has 0 atom stereocenters. The number of Topliss-reactive ketones (excluding diaryl/α,β-unsaturated/α-hetero) is 1. The zero-order valence-electron chi connectivity index (χ0n) is 13.0. The summed E-state index contributed by atoms with van der Waals surface area (Å²) >= 11 is 0. The number of benzene rings is 1. The quantitative estimate of drug-likeness (QED) is 0.566. The molecule has 1 aliphatic heterocycles. The molecule has 122 valence electrons. The number of rotatable bonds is 0. The van der Waals surface area contributed by atoms with Gasteiger partial charge in [0.05, 0.1) is 0 Å². The van der Waals surface area contributed by atoms with Gasteiger partial charge in [0, 0.05) is 18.9 Å². The molecule has 0 unspecified atom stereocenters. The number of phenolic OH excluding ortho intramolecular Hbond substituents is 2. The Kier molecular flexibility index (Phi) is 5.57. The van der Waals surface area contributed by atoms with Crippen molar-refractivity contribution in [3.8, 4) is 11.5 Å². The van der Waals surface area contributed by atoms with Gasteiger partial charge >= 0.3 is 5.97 Å². The molecular formula is C18H20O5. The summed E-state index contributed by atoms with van der Waals surface area (Å²) in [7, 11) is 0. The molecule has 5 heteroatoms. The molecule has 1 aromatic carbocycles. The van der Waals surface area contributed by atoms with Crippen LogP contribution in [0.1, 0.15) is 48.5 Å². The lowest BCUT2D eigenvalue weighted by Gasteiger charge is -2.11. The Balaban J connectivity index is 2.35. The minimum Gasteiger partial charge on any atom is -0.508 e. The van der Waals surface area contributed by atoms with Gasteiger partial charge in [0.15, 0.2) is 0 Å². The van der Waals surface area contributed by atoms with E-state index in [9.17, 15) is 19.8 Å². The van der Waals surface area contributed by atoms with Crippen molar-refractivity contribution in [2.24, 2.45) is 0 Å². The van der Waals surface area contributed by atoms with Crippen LogP contribution in [0, 0.1) is 0 Å². The molecule has 0 bridgehead atoms. The number of hydrogen-bond acceptors (Lipinski definition) is 5. The van der Waals surface area contributed by atoms with Crippen molar-refractivity contribution < 1.29 is 24.5 Å². The highest BCUT2D eigenvalue weighted by Gasteiger charge is 2.18. The van der Waals surface area contributed by atoms with Gasteiger partial charge in [-0.25, -0.2) is 4.79 Å². The maximum atomic E-state index is 12.2. The first-order chi connectivity index (χ1) is 11.0. The third-order valence-corrected chi connectivity index (χ3v) is 3.57. The molecule has 0 saturated heterocycles. The molecule has 1 heterocycles. The lowest BCUT2D eigenvalue weighted by atomic mass is 10.0. The van der Waals surface area contributed by atoms with Crippen LogP contribution < -0.4 is 0 Å². The predicted octanol–water partition coefficient (Wildman–Crippen LogP) is 3.36. The monoisotopic (exact) mass is 316 g/mol. The molecule has 1 aliphatic rings. The van der Waals surface area contributed by atoms with Crippen molar-refractivity contribution in [1.82, 2.24) is 0 Å². The molecule has 1 aromatic rings. The fourth-order valence-corrected chi connectivity index (χ4v) is 2.32. The van der Waals surface area contributed by atoms with Crippen LogP contribution in [0.5, 0.6) is 11.5 Å². The Morgan fingerprint density at radius 2 is 1.96 bits per heavy atom. The van der Waals surface area contributed by atoms with Crippen LogP contribution in [0.2, 0.25) is 0 Å². The lowest BCUT2D eigenvalue weighted by molar-refractivity contribution is -0.118. The van der Waals surface area contributed by atoms with Crippen molar-refractivity contribution in [3.63, 3.8) is 0 Å². The maximum absolute atomic E-state index is 12.2. The highest BCUT2D eigenvalue weighted by molar-refractivity contribution is 5.97. The average Bonchev–Trinajstić information content (AvgIpc) is 2.49. The molecule has 0 saturated carbocycles. The van der Waals surface area contributed by atoms with Gasteiger partial charge < -0.3 is 14.9 Å². The molecule has 0 spiro atoms. The third-order valence-electron chi connectivity index (χ3n) is 3.57. The Morgan fingerprint density at radius 3 is 2.74 bits per heavy atom. The van der Waals surface area contributed by atoms with E-state index in [2.05, 4.69) is 0 Å². The largest absolute Gasteiger partial charge is 0.508 e. The van der Waals surface area contributed by atoms with Gasteiger partial charge in [0.2, 0.25) is 0 Å². The van der Waals surface area contributed by atoms with Crippen molar-refractivity contribution in [1.29, 1.82) is 0 Å². The Bertz CT molecular complexity index is 670. The summed E-state index contributed by atoms with van der Waals surface area (Å²) in [6, 6.07) is 2.50. The summed E-state index contributed by atoms with van der Waals surface area (Å²) in [5.74, 6) is -0.972. The molecule has 23 heavy (non-hydrogen) atoms. The normalized spacial score (nSPS) is 17.0. The van der Waals surface area contributed by atoms with E-state index in [0.717, 1.165) is 11.6 Å². The SMILES string of the molecule is CC1=CCC(=O)CCCC=Cc2cc(O)cc(O)c2C(=O)OC1. The van der Waals surface area contributed by atoms with E-state index in [1.165, 1.54) is 6.07 Å². The number of phenols is 2. The van der Waals surface area contributed by atoms with Crippen molar-refractivity contribution in [2.45, 2.75) is 32.6 Å². The molecule has 0 aliphatic carbocycles. The first-order valence-electron chi connectivity index (χ1n) is 7.54. The van der Waals surface area contributed by atoms with Gasteiger partial charge in [-0.15, -0.1) is 0 Å². The van der Waals surface area contributed by atoms with Crippen LogP contribution in [-0.2, 0) is 9.53 Å². The molecule has 0 amide bonds. The second-order valence-corrected chi connectivity index (χ2v) is 5.59. The van der Waals surface area contributed by atoms with Crippen LogP contribution in [0.25, 0.3) is 6.08 Å². The first kappa shape index (κ1) is 16.8. The molecule has 0 fully saturated rings. The van der Waals surface area contributed by atoms with Gasteiger partial charge in [-0.2, -0.15) is 0 Å². The van der Waals surface area contributed by atoms with E-state index >= 15 is 0 Å². The van der Waals surface area contributed by atoms with Crippen LogP contribution in [-0.4, -0.2) is 28.6 Å². The van der Waals surface area contributed by atoms with Crippen LogP contribution >= 0.6 is 0 Å². The number of cyclic esters (lactones) is 1. The topological polar surface area (TPSA) is 83.8 Å². The summed E-state index contributed by atoms with van der Waals surface area (Å²) in [5.41, 5.74) is 1.19. The van der Waals surface area contributed by atoms with Gasteiger partial charge in [0.1, 0.15) is 29.5 Å². The predicted molar refractivity (Wildman–Crippen MR) is 86.3 cm³/mol. The summed E-state index contributed by atoms with van der Waals surface area (Å²) in [4.78, 5) is 23.9. The number of hydrogen-bond donors (Lipinski definition) is 2. The smallest absolute Gasteiger partial charge is 0.342 e. The number of aromatic hydroxyl groups is 2. The van der Waals surface area contributed by atoms with E-state index in [1.807, 2.05) is 6.08 Å². The Hall–Kier alpha value is -2.56. The fraction of sp³-hybridized carbons (Fsp3) is 0.333. The second-order valence-electron chi connectivity index (χ2n) is 5.59. The van der Waals surface area contributed by atoms with E-state index in [1.54, 1.807) is 19.1 Å². The molecule has 0 aromatic heterocycles. The third kappa shape index (κ3) is 4.71. The number of allylic oxidation sites excluding steroid dienone is 2. The first-order valence-corrected chi connectivity index (χ1v) is 7.54. The average molecular weight is 316 g/mol. The van der Waals surface area contributed by atoms with Crippen LogP contribution in [0.3, 0.4) is 0 Å². The summed E-state index contributed by atoms with van der Waals surface area (Å²) in [5, 5.41) is 19.6. The number of fused-ring (bicyclic) bond motifs is 1. The maximum Gasteiger partial charge on any atom is 0.342 e. The standard InChI is InChI=1S/C18H20O5/c1-12-7-8-14(19)6-4-2-3-5-13-9-15(20)10-16(21)17(13)18(22)23-11-12/h3,5,7,9-10,20-21H,2,4,6,8,11H2,1H3. The minimum absolute atomic E-state index is 0.0278. The number of esters is 1.